The van der Waals surface area contributed by atoms with Crippen molar-refractivity contribution >= 4 is 24.2 Å². The third kappa shape index (κ3) is 4.48. The number of halogens is 1. The fourth-order valence-corrected chi connectivity index (χ4v) is 3.33. The first-order valence-electron chi connectivity index (χ1n) is 8.52. The second kappa shape index (κ2) is 8.49. The van der Waals surface area contributed by atoms with Gasteiger partial charge in [0.05, 0.1) is 0 Å². The zero-order valence-electron chi connectivity index (χ0n) is 14.1. The largest absolute Gasteiger partial charge is 0.349 e. The fourth-order valence-electron chi connectivity index (χ4n) is 3.33. The molecule has 1 aromatic carbocycles. The highest BCUT2D eigenvalue weighted by molar-refractivity contribution is 5.94. The highest BCUT2D eigenvalue weighted by Gasteiger charge is 2.23. The highest BCUT2D eigenvalue weighted by atomic mass is 35.5. The molecule has 2 unspecified atom stereocenters. The number of likely N-dealkylation sites (tertiary alicyclic amines) is 1. The molecule has 0 saturated carbocycles. The van der Waals surface area contributed by atoms with E-state index in [2.05, 4.69) is 17.6 Å². The Kier molecular flexibility index (Phi) is 6.63. The smallest absolute Gasteiger partial charge is 0.251 e. The van der Waals surface area contributed by atoms with Gasteiger partial charge in [0.2, 0.25) is 5.91 Å². The highest BCUT2D eigenvalue weighted by Crippen LogP contribution is 2.15. The van der Waals surface area contributed by atoms with Crippen LogP contribution in [0.15, 0.2) is 24.3 Å². The van der Waals surface area contributed by atoms with Crippen molar-refractivity contribution in [3.63, 3.8) is 0 Å². The standard InChI is InChI=1S/C18H25N3O2.ClH/c1-13-11-19-9-8-16(13)20-18(23)15-6-4-14(5-7-15)12-21-10-2-3-17(21)22;/h4-7,13,16,19H,2-3,8-12H2,1H3,(H,20,23);1H. The van der Waals surface area contributed by atoms with Gasteiger partial charge in [-0.05, 0) is 49.5 Å². The normalized spacial score (nSPS) is 23.7. The maximum Gasteiger partial charge on any atom is 0.251 e. The first kappa shape index (κ1) is 18.7. The van der Waals surface area contributed by atoms with Crippen molar-refractivity contribution in [3.05, 3.63) is 35.4 Å². The van der Waals surface area contributed by atoms with Crippen molar-refractivity contribution in [1.29, 1.82) is 0 Å². The second-order valence-electron chi connectivity index (χ2n) is 6.67. The first-order valence-corrected chi connectivity index (χ1v) is 8.52. The van der Waals surface area contributed by atoms with Crippen molar-refractivity contribution in [3.8, 4) is 0 Å². The van der Waals surface area contributed by atoms with Gasteiger partial charge in [-0.25, -0.2) is 0 Å². The summed E-state index contributed by atoms with van der Waals surface area (Å²) < 4.78 is 0. The third-order valence-corrected chi connectivity index (χ3v) is 4.86. The third-order valence-electron chi connectivity index (χ3n) is 4.86. The van der Waals surface area contributed by atoms with Gasteiger partial charge < -0.3 is 15.5 Å². The minimum absolute atomic E-state index is 0. The van der Waals surface area contributed by atoms with E-state index in [-0.39, 0.29) is 30.3 Å². The quantitative estimate of drug-likeness (QED) is 0.871. The van der Waals surface area contributed by atoms with Gasteiger partial charge in [0.1, 0.15) is 0 Å². The molecular weight excluding hydrogens is 326 g/mol. The molecule has 5 nitrogen and oxygen atoms in total. The van der Waals surface area contributed by atoms with Gasteiger partial charge in [-0.3, -0.25) is 9.59 Å². The second-order valence-corrected chi connectivity index (χ2v) is 6.67. The lowest BCUT2D eigenvalue weighted by Gasteiger charge is -2.30. The Labute approximate surface area is 149 Å². The van der Waals surface area contributed by atoms with E-state index >= 15 is 0 Å². The van der Waals surface area contributed by atoms with Crippen LogP contribution in [0.2, 0.25) is 0 Å². The molecule has 2 heterocycles. The van der Waals surface area contributed by atoms with E-state index in [1.165, 1.54) is 0 Å². The molecule has 2 aliphatic heterocycles. The molecule has 2 amide bonds. The maximum atomic E-state index is 12.4. The zero-order chi connectivity index (χ0) is 16.2. The molecule has 0 aliphatic carbocycles. The SMILES string of the molecule is CC1CNCCC1NC(=O)c1ccc(CN2CCCC2=O)cc1.Cl. The van der Waals surface area contributed by atoms with Crippen LogP contribution in [-0.2, 0) is 11.3 Å². The Morgan fingerprint density at radius 3 is 2.71 bits per heavy atom. The van der Waals surface area contributed by atoms with Crippen LogP contribution in [0.3, 0.4) is 0 Å². The molecule has 2 aliphatic rings. The van der Waals surface area contributed by atoms with Gasteiger partial charge in [0.15, 0.2) is 0 Å². The lowest BCUT2D eigenvalue weighted by Crippen LogP contribution is -2.48. The summed E-state index contributed by atoms with van der Waals surface area (Å²) in [7, 11) is 0. The average molecular weight is 352 g/mol. The molecule has 0 spiro atoms. The monoisotopic (exact) mass is 351 g/mol. The Morgan fingerprint density at radius 1 is 1.33 bits per heavy atom. The molecule has 3 rings (SSSR count). The molecule has 0 bridgehead atoms. The van der Waals surface area contributed by atoms with Crippen molar-refractivity contribution in [1.82, 2.24) is 15.5 Å². The van der Waals surface area contributed by atoms with E-state index in [0.717, 1.165) is 38.0 Å². The number of carbonyl (C=O) groups is 2. The van der Waals surface area contributed by atoms with Gasteiger partial charge in [0, 0.05) is 31.1 Å². The van der Waals surface area contributed by atoms with E-state index in [9.17, 15) is 9.59 Å². The van der Waals surface area contributed by atoms with Crippen LogP contribution in [0.1, 0.15) is 42.1 Å². The number of amides is 2. The number of hydrogen-bond acceptors (Lipinski definition) is 3. The predicted molar refractivity (Wildman–Crippen MR) is 96.2 cm³/mol. The summed E-state index contributed by atoms with van der Waals surface area (Å²) in [6, 6.07) is 7.86. The number of rotatable bonds is 4. The maximum absolute atomic E-state index is 12.4. The summed E-state index contributed by atoms with van der Waals surface area (Å²) in [5, 5.41) is 6.48. The zero-order valence-corrected chi connectivity index (χ0v) is 14.9. The molecule has 24 heavy (non-hydrogen) atoms. The topological polar surface area (TPSA) is 61.4 Å². The Morgan fingerprint density at radius 2 is 2.08 bits per heavy atom. The minimum atomic E-state index is -0.00690. The summed E-state index contributed by atoms with van der Waals surface area (Å²) in [6.45, 7) is 5.56. The lowest BCUT2D eigenvalue weighted by molar-refractivity contribution is -0.128. The molecule has 0 aromatic heterocycles. The van der Waals surface area contributed by atoms with E-state index < -0.39 is 0 Å². The van der Waals surface area contributed by atoms with E-state index in [1.54, 1.807) is 0 Å². The van der Waals surface area contributed by atoms with Gasteiger partial charge >= 0.3 is 0 Å². The van der Waals surface area contributed by atoms with Crippen molar-refractivity contribution in [2.75, 3.05) is 19.6 Å². The molecule has 2 N–H and O–H groups in total. The molecule has 0 radical (unpaired) electrons. The molecule has 2 atom stereocenters. The molecular formula is C18H26ClN3O2. The van der Waals surface area contributed by atoms with Crippen LogP contribution in [0.5, 0.6) is 0 Å². The van der Waals surface area contributed by atoms with Crippen molar-refractivity contribution in [2.45, 2.75) is 38.8 Å². The van der Waals surface area contributed by atoms with Crippen molar-refractivity contribution in [2.24, 2.45) is 5.92 Å². The van der Waals surface area contributed by atoms with Crippen LogP contribution < -0.4 is 10.6 Å². The van der Waals surface area contributed by atoms with E-state index in [0.29, 0.717) is 24.4 Å². The predicted octanol–water partition coefficient (Wildman–Crippen LogP) is 1.96. The Hall–Kier alpha value is -1.59. The summed E-state index contributed by atoms with van der Waals surface area (Å²) in [5.74, 6) is 0.674. The minimum Gasteiger partial charge on any atom is -0.349 e. The molecule has 1 aromatic rings. The van der Waals surface area contributed by atoms with Gasteiger partial charge in [-0.2, -0.15) is 0 Å². The van der Waals surface area contributed by atoms with Crippen molar-refractivity contribution < 1.29 is 9.59 Å². The van der Waals surface area contributed by atoms with Gasteiger partial charge in [-0.15, -0.1) is 12.4 Å². The van der Waals surface area contributed by atoms with Crippen LogP contribution in [-0.4, -0.2) is 42.4 Å². The van der Waals surface area contributed by atoms with Crippen LogP contribution >= 0.6 is 12.4 Å². The lowest BCUT2D eigenvalue weighted by atomic mass is 9.95. The fraction of sp³-hybridized carbons (Fsp3) is 0.556. The summed E-state index contributed by atoms with van der Waals surface area (Å²) >= 11 is 0. The van der Waals surface area contributed by atoms with Crippen LogP contribution in [0.25, 0.3) is 0 Å². The summed E-state index contributed by atoms with van der Waals surface area (Å²) in [5.41, 5.74) is 1.76. The van der Waals surface area contributed by atoms with Crippen LogP contribution in [0.4, 0.5) is 0 Å². The Balaban J connectivity index is 0.00000208. The number of nitrogens with one attached hydrogen (secondary N) is 2. The Bertz CT molecular complexity index is 576. The molecule has 2 fully saturated rings. The number of benzene rings is 1. The molecule has 2 saturated heterocycles. The van der Waals surface area contributed by atoms with E-state index in [1.807, 2.05) is 29.2 Å². The van der Waals surface area contributed by atoms with Gasteiger partial charge in [-0.1, -0.05) is 19.1 Å². The summed E-state index contributed by atoms with van der Waals surface area (Å²) in [4.78, 5) is 25.9. The average Bonchev–Trinajstić information content (AvgIpc) is 2.95. The van der Waals surface area contributed by atoms with E-state index in [4.69, 9.17) is 0 Å². The molecule has 6 heteroatoms. The number of hydrogen-bond donors (Lipinski definition) is 2. The first-order chi connectivity index (χ1) is 11.1. The number of nitrogens with zero attached hydrogens (tertiary/aromatic N) is 1. The van der Waals surface area contributed by atoms with Gasteiger partial charge in [0.25, 0.3) is 5.91 Å². The number of carbonyl (C=O) groups excluding carboxylic acids is 2. The summed E-state index contributed by atoms with van der Waals surface area (Å²) in [6.07, 6.45) is 2.59. The van der Waals surface area contributed by atoms with Crippen LogP contribution in [0, 0.1) is 5.92 Å². The number of piperidine rings is 1. The molecule has 132 valence electrons.